The van der Waals surface area contributed by atoms with E-state index in [4.69, 9.17) is 0 Å². The number of nitrogens with one attached hydrogen (secondary N) is 3. The van der Waals surface area contributed by atoms with Crippen LogP contribution in [0.1, 0.15) is 112 Å². The third-order valence-electron chi connectivity index (χ3n) is 8.73. The van der Waals surface area contributed by atoms with Gasteiger partial charge in [-0.3, -0.25) is 0 Å². The van der Waals surface area contributed by atoms with E-state index in [1.54, 1.807) is 24.0 Å². The zero-order chi connectivity index (χ0) is 36.7. The number of pyridine rings is 2. The van der Waals surface area contributed by atoms with E-state index >= 15 is 0 Å². The first-order chi connectivity index (χ1) is 24.4. The van der Waals surface area contributed by atoms with Crippen molar-refractivity contribution < 1.29 is 9.03 Å². The molecule has 2 aromatic carbocycles. The summed E-state index contributed by atoms with van der Waals surface area (Å²) in [5.41, 5.74) is 15.1. The van der Waals surface area contributed by atoms with Crippen LogP contribution >= 0.6 is 11.3 Å². The number of hydrogen-bond acceptors (Lipinski definition) is 5. The fourth-order valence-electron chi connectivity index (χ4n) is 6.07. The summed E-state index contributed by atoms with van der Waals surface area (Å²) in [5, 5.41) is 9.36. The Labute approximate surface area is 306 Å². The number of anilines is 1. The van der Waals surface area contributed by atoms with Gasteiger partial charge in [-0.2, -0.15) is 10.2 Å². The molecule has 6 heterocycles. The average molecular weight is 701 g/mol. The third-order valence-corrected chi connectivity index (χ3v) is 9.62. The largest absolute Gasteiger partial charge is 0.356 e. The van der Waals surface area contributed by atoms with Crippen LogP contribution in [0.4, 0.5) is 5.69 Å². The zero-order valence-electron chi connectivity index (χ0n) is 31.4. The Balaban J connectivity index is 0.000000132. The number of nitrogens with zero attached hydrogens (tertiary/aromatic N) is 5. The van der Waals surface area contributed by atoms with Crippen molar-refractivity contribution in [3.05, 3.63) is 137 Å². The van der Waals surface area contributed by atoms with Crippen LogP contribution in [0.25, 0.3) is 27.6 Å². The van der Waals surface area contributed by atoms with Crippen LogP contribution < -0.4 is 14.3 Å². The molecule has 0 amide bonds. The molecule has 5 aromatic heterocycles. The summed E-state index contributed by atoms with van der Waals surface area (Å²) in [4.78, 5) is 12.8. The van der Waals surface area contributed by atoms with Gasteiger partial charge in [0.15, 0.2) is 0 Å². The van der Waals surface area contributed by atoms with E-state index in [1.165, 1.54) is 43.8 Å². The molecule has 1 aliphatic rings. The van der Waals surface area contributed by atoms with E-state index in [0.29, 0.717) is 23.7 Å². The van der Waals surface area contributed by atoms with Gasteiger partial charge < -0.3 is 5.32 Å². The molecule has 1 aliphatic heterocycles. The van der Waals surface area contributed by atoms with Gasteiger partial charge in [-0.05, 0) is 93.7 Å². The minimum Gasteiger partial charge on any atom is -0.356 e. The Kier molecular flexibility index (Phi) is 12.2. The third kappa shape index (κ3) is 8.96. The number of fused-ring (bicyclic) bond motifs is 4. The lowest BCUT2D eigenvalue weighted by molar-refractivity contribution is -0.578. The lowest BCUT2D eigenvalue weighted by Crippen LogP contribution is -2.24. The second-order valence-electron chi connectivity index (χ2n) is 14.1. The second kappa shape index (κ2) is 16.7. The van der Waals surface area contributed by atoms with Gasteiger partial charge in [0.2, 0.25) is 12.7 Å². The predicted molar refractivity (Wildman–Crippen MR) is 212 cm³/mol. The van der Waals surface area contributed by atoms with Crippen LogP contribution in [0.2, 0.25) is 0 Å². The van der Waals surface area contributed by atoms with Crippen molar-refractivity contribution in [2.45, 2.75) is 86.0 Å². The van der Waals surface area contributed by atoms with E-state index < -0.39 is 0 Å². The molecule has 8 nitrogen and oxygen atoms in total. The first-order valence-corrected chi connectivity index (χ1v) is 18.6. The summed E-state index contributed by atoms with van der Waals surface area (Å²) >= 11 is 1.73. The van der Waals surface area contributed by atoms with Gasteiger partial charge in [0.25, 0.3) is 0 Å². The number of hydrogen-bond donors (Lipinski definition) is 3. The van der Waals surface area contributed by atoms with Crippen molar-refractivity contribution in [1.29, 1.82) is 0 Å². The van der Waals surface area contributed by atoms with E-state index in [1.807, 2.05) is 39.1 Å². The highest BCUT2D eigenvalue weighted by Crippen LogP contribution is 2.31. The standard InChI is InChI=1S/C13H15N.C10H13N3.C10H11NS.C9H11N3/c1-9(2)11-5-4-6-13-12(11)8-7-10(3)14-13;1-7(2)9-4-8(3)5-13-10(9)11-6-12-13;1-7(2)8-4-3-5-9-10(8)12-6-11-9;1-7(2)8-4-3-5-12-9(8)10-6-11-12/h4-9,14H,3H2,1-2H3;4-7H,1-3H3;2*3-7H,1-2H3/p+2. The molecule has 0 spiro atoms. The smallest absolute Gasteiger partial charge is 0.351 e. The monoisotopic (exact) mass is 700 g/mol. The minimum atomic E-state index is 0.512. The molecular weight excluding hydrogens is 649 g/mol. The Bertz CT molecular complexity index is 2170. The van der Waals surface area contributed by atoms with Gasteiger partial charge in [0.1, 0.15) is 12.4 Å². The number of H-pyrrole nitrogens is 2. The van der Waals surface area contributed by atoms with Crippen LogP contribution in [0, 0.1) is 6.92 Å². The van der Waals surface area contributed by atoms with Crippen molar-refractivity contribution in [2.24, 2.45) is 0 Å². The van der Waals surface area contributed by atoms with E-state index in [9.17, 15) is 0 Å². The molecular formula is C42H52N8S+2. The highest BCUT2D eigenvalue weighted by atomic mass is 32.1. The molecule has 0 aliphatic carbocycles. The molecule has 264 valence electrons. The average Bonchev–Trinajstić information content (AvgIpc) is 3.89. The summed E-state index contributed by atoms with van der Waals surface area (Å²) in [6.07, 6.45) is 11.6. The number of thiazole rings is 1. The van der Waals surface area contributed by atoms with Gasteiger partial charge in [-0.25, -0.2) is 4.98 Å². The normalized spacial score (nSPS) is 12.1. The SMILES string of the molecule is C=C1C=Cc2c(cccc2C(C)C)N1.CC(C)c1ccc[n+]2[nH]cnc12.CC(C)c1cccc2ncsc12.Cc1cc(C(C)C)c2nc[nH][n+]2c1. The fraction of sp³-hybridized carbons (Fsp3) is 0.310. The van der Waals surface area contributed by atoms with Gasteiger partial charge in [-0.15, -0.1) is 20.4 Å². The summed E-state index contributed by atoms with van der Waals surface area (Å²) in [6, 6.07) is 19.0. The van der Waals surface area contributed by atoms with Crippen LogP contribution in [0.5, 0.6) is 0 Å². The van der Waals surface area contributed by atoms with Crippen LogP contribution in [-0.2, 0) is 0 Å². The van der Waals surface area contributed by atoms with Crippen molar-refractivity contribution in [1.82, 2.24) is 25.1 Å². The van der Waals surface area contributed by atoms with Crippen molar-refractivity contribution >= 4 is 44.6 Å². The Morgan fingerprint density at radius 1 is 0.667 bits per heavy atom. The summed E-state index contributed by atoms with van der Waals surface area (Å²) in [7, 11) is 0. The number of aryl methyl sites for hydroxylation is 1. The van der Waals surface area contributed by atoms with Gasteiger partial charge in [-0.1, -0.05) is 92.3 Å². The number of allylic oxidation sites excluding steroid dienone is 1. The summed E-state index contributed by atoms with van der Waals surface area (Å²) in [5.74, 6) is 2.18. The zero-order valence-corrected chi connectivity index (χ0v) is 32.2. The van der Waals surface area contributed by atoms with Crippen LogP contribution in [-0.4, -0.2) is 25.1 Å². The highest BCUT2D eigenvalue weighted by Gasteiger charge is 2.16. The summed E-state index contributed by atoms with van der Waals surface area (Å²) in [6.45, 7) is 23.6. The minimum absolute atomic E-state index is 0.512. The number of rotatable bonds is 4. The molecule has 0 saturated heterocycles. The van der Waals surface area contributed by atoms with Gasteiger partial charge in [0.05, 0.1) is 26.9 Å². The second-order valence-corrected chi connectivity index (χ2v) is 14.9. The van der Waals surface area contributed by atoms with Crippen LogP contribution in [0.15, 0.2) is 104 Å². The molecule has 9 heteroatoms. The van der Waals surface area contributed by atoms with Crippen molar-refractivity contribution in [2.75, 3.05) is 5.32 Å². The van der Waals surface area contributed by atoms with Crippen molar-refractivity contribution in [3.8, 4) is 0 Å². The Morgan fingerprint density at radius 2 is 1.27 bits per heavy atom. The number of aromatic amines is 2. The Morgan fingerprint density at radius 3 is 1.96 bits per heavy atom. The lowest BCUT2D eigenvalue weighted by atomic mass is 9.94. The molecule has 0 fully saturated rings. The van der Waals surface area contributed by atoms with E-state index in [-0.39, 0.29) is 0 Å². The first kappa shape index (κ1) is 37.1. The lowest BCUT2D eigenvalue weighted by Gasteiger charge is -2.19. The molecule has 3 N–H and O–H groups in total. The topological polar surface area (TPSA) is 90.5 Å². The molecule has 0 unspecified atom stereocenters. The van der Waals surface area contributed by atoms with Gasteiger partial charge in [0, 0.05) is 16.9 Å². The maximum atomic E-state index is 4.29. The van der Waals surface area contributed by atoms with E-state index in [2.05, 4.69) is 154 Å². The van der Waals surface area contributed by atoms with Crippen molar-refractivity contribution in [3.63, 3.8) is 0 Å². The summed E-state index contributed by atoms with van der Waals surface area (Å²) < 4.78 is 5.23. The maximum absolute atomic E-state index is 4.29. The fourth-order valence-corrected chi connectivity index (χ4v) is 7.02. The molecule has 0 atom stereocenters. The predicted octanol–water partition coefficient (Wildman–Crippen LogP) is 10.0. The van der Waals surface area contributed by atoms with E-state index in [0.717, 1.165) is 22.5 Å². The molecule has 0 saturated carbocycles. The Hall–Kier alpha value is -5.15. The number of aromatic nitrogens is 7. The molecule has 0 bridgehead atoms. The quantitative estimate of drug-likeness (QED) is 0.160. The molecule has 51 heavy (non-hydrogen) atoms. The maximum Gasteiger partial charge on any atom is 0.351 e. The molecule has 8 rings (SSSR count). The highest BCUT2D eigenvalue weighted by molar-refractivity contribution is 7.17. The first-order valence-electron chi connectivity index (χ1n) is 17.7. The number of benzene rings is 2. The molecule has 0 radical (unpaired) electrons. The molecule has 7 aromatic rings. The van der Waals surface area contributed by atoms with Crippen LogP contribution in [0.3, 0.4) is 0 Å². The van der Waals surface area contributed by atoms with Gasteiger partial charge >= 0.3 is 11.3 Å².